The molecule has 0 unspecified atom stereocenters. The van der Waals surface area contributed by atoms with Gasteiger partial charge in [0.15, 0.2) is 16.3 Å². The van der Waals surface area contributed by atoms with Gasteiger partial charge in [0.25, 0.3) is 5.56 Å². The third-order valence-corrected chi connectivity index (χ3v) is 6.71. The molecule has 1 aromatic heterocycles. The molecule has 1 aliphatic rings. The molecule has 1 aliphatic heterocycles. The van der Waals surface area contributed by atoms with Crippen LogP contribution in [-0.2, 0) is 14.3 Å². The highest BCUT2D eigenvalue weighted by Gasteiger charge is 2.34. The van der Waals surface area contributed by atoms with E-state index in [0.29, 0.717) is 33.0 Å². The molecule has 8 nitrogen and oxygen atoms in total. The molecule has 9 heteroatoms. The van der Waals surface area contributed by atoms with Gasteiger partial charge in [0.1, 0.15) is 0 Å². The van der Waals surface area contributed by atoms with E-state index in [1.807, 2.05) is 57.2 Å². The highest BCUT2D eigenvalue weighted by molar-refractivity contribution is 7.07. The Bertz CT molecular complexity index is 1570. The Morgan fingerprint density at radius 1 is 1.13 bits per heavy atom. The monoisotopic (exact) mass is 534 g/mol. The van der Waals surface area contributed by atoms with E-state index in [-0.39, 0.29) is 29.4 Å². The van der Waals surface area contributed by atoms with Gasteiger partial charge in [0.05, 0.1) is 35.1 Å². The minimum absolute atomic E-state index is 0.137. The van der Waals surface area contributed by atoms with E-state index in [0.717, 1.165) is 5.56 Å². The summed E-state index contributed by atoms with van der Waals surface area (Å²) in [5.74, 6) is -0.302. The van der Waals surface area contributed by atoms with Crippen LogP contribution in [0.5, 0.6) is 11.5 Å². The number of ether oxygens (including phenoxy) is 3. The van der Waals surface area contributed by atoms with Gasteiger partial charge >= 0.3 is 11.9 Å². The fourth-order valence-corrected chi connectivity index (χ4v) is 5.17. The summed E-state index contributed by atoms with van der Waals surface area (Å²) in [7, 11) is 0. The molecule has 0 aliphatic carbocycles. The van der Waals surface area contributed by atoms with Gasteiger partial charge in [-0.3, -0.25) is 14.2 Å². The van der Waals surface area contributed by atoms with Crippen LogP contribution in [0, 0.1) is 5.92 Å². The minimum atomic E-state index is -0.811. The average Bonchev–Trinajstić information content (AvgIpc) is 3.17. The van der Waals surface area contributed by atoms with Crippen LogP contribution >= 0.6 is 11.3 Å². The fraction of sp³-hybridized carbons (Fsp3) is 0.310. The first kappa shape index (κ1) is 27.1. The molecular formula is C29H30N2O6S. The van der Waals surface area contributed by atoms with Crippen molar-refractivity contribution < 1.29 is 23.8 Å². The van der Waals surface area contributed by atoms with Crippen LogP contribution in [0.1, 0.15) is 51.8 Å². The van der Waals surface area contributed by atoms with Crippen molar-refractivity contribution in [2.24, 2.45) is 10.9 Å². The molecule has 1 atom stereocenters. The number of hydrogen-bond donors (Lipinski definition) is 0. The summed E-state index contributed by atoms with van der Waals surface area (Å²) in [5.41, 5.74) is 1.95. The lowest BCUT2D eigenvalue weighted by molar-refractivity contribution is -0.140. The molecule has 4 rings (SSSR count). The Balaban J connectivity index is 1.93. The van der Waals surface area contributed by atoms with Gasteiger partial charge in [-0.25, -0.2) is 9.79 Å². The standard InChI is InChI=1S/C29H30N2O6S/c1-6-35-23-15-21(12-13-22(23)37-19(5)32)26-25(28(34)36-16-17(2)3)18(4)30-29-31(26)27(33)24(38-29)14-20-10-8-7-9-11-20/h7-15,17,26H,6,16H2,1-5H3/b24-14+/t26-/m1/s1. The van der Waals surface area contributed by atoms with Crippen LogP contribution < -0.4 is 24.4 Å². The molecule has 0 saturated heterocycles. The van der Waals surface area contributed by atoms with Gasteiger partial charge in [-0.15, -0.1) is 0 Å². The third-order valence-electron chi connectivity index (χ3n) is 5.72. The molecule has 38 heavy (non-hydrogen) atoms. The lowest BCUT2D eigenvalue weighted by Crippen LogP contribution is -2.40. The summed E-state index contributed by atoms with van der Waals surface area (Å²) < 4.78 is 18.7. The quantitative estimate of drug-likeness (QED) is 0.323. The van der Waals surface area contributed by atoms with Crippen molar-refractivity contribution in [1.29, 1.82) is 0 Å². The average molecular weight is 535 g/mol. The smallest absolute Gasteiger partial charge is 0.338 e. The van der Waals surface area contributed by atoms with E-state index in [4.69, 9.17) is 14.2 Å². The number of rotatable bonds is 8. The fourth-order valence-electron chi connectivity index (χ4n) is 4.12. The van der Waals surface area contributed by atoms with Crippen molar-refractivity contribution >= 4 is 29.4 Å². The summed E-state index contributed by atoms with van der Waals surface area (Å²) in [5, 5.41) is 0. The van der Waals surface area contributed by atoms with Crippen LogP contribution in [0.15, 0.2) is 69.6 Å². The number of aromatic nitrogens is 1. The lowest BCUT2D eigenvalue weighted by atomic mass is 9.95. The number of nitrogens with zero attached hydrogens (tertiary/aromatic N) is 2. The molecule has 0 saturated carbocycles. The number of fused-ring (bicyclic) bond motifs is 1. The molecule has 3 aromatic rings. The largest absolute Gasteiger partial charge is 0.490 e. The first-order chi connectivity index (χ1) is 18.2. The van der Waals surface area contributed by atoms with E-state index in [1.165, 1.54) is 22.8 Å². The van der Waals surface area contributed by atoms with E-state index in [9.17, 15) is 14.4 Å². The molecule has 0 N–H and O–H groups in total. The first-order valence-corrected chi connectivity index (χ1v) is 13.2. The van der Waals surface area contributed by atoms with E-state index < -0.39 is 18.0 Å². The molecule has 0 amide bonds. The summed E-state index contributed by atoms with van der Waals surface area (Å²) >= 11 is 1.26. The molecule has 0 bridgehead atoms. The number of esters is 2. The van der Waals surface area contributed by atoms with Crippen LogP contribution in [0.25, 0.3) is 6.08 Å². The number of allylic oxidation sites excluding steroid dienone is 1. The van der Waals surface area contributed by atoms with Gasteiger partial charge in [-0.2, -0.15) is 0 Å². The normalized spacial score (nSPS) is 15.2. The number of carbonyl (C=O) groups excluding carboxylic acids is 2. The highest BCUT2D eigenvalue weighted by Crippen LogP contribution is 2.36. The van der Waals surface area contributed by atoms with E-state index >= 15 is 0 Å². The van der Waals surface area contributed by atoms with Crippen molar-refractivity contribution in [3.8, 4) is 11.5 Å². The predicted molar refractivity (Wildman–Crippen MR) is 145 cm³/mol. The second-order valence-corrected chi connectivity index (χ2v) is 10.2. The van der Waals surface area contributed by atoms with Gasteiger partial charge < -0.3 is 14.2 Å². The Kier molecular flexibility index (Phi) is 8.26. The maximum absolute atomic E-state index is 13.8. The molecule has 2 aromatic carbocycles. The van der Waals surface area contributed by atoms with Crippen molar-refractivity contribution in [2.75, 3.05) is 13.2 Å². The Labute approximate surface area is 224 Å². The molecule has 0 spiro atoms. The van der Waals surface area contributed by atoms with Gasteiger partial charge in [-0.1, -0.05) is 61.6 Å². The van der Waals surface area contributed by atoms with E-state index in [2.05, 4.69) is 4.99 Å². The lowest BCUT2D eigenvalue weighted by Gasteiger charge is -2.25. The molecular weight excluding hydrogens is 504 g/mol. The van der Waals surface area contributed by atoms with Gasteiger partial charge in [0, 0.05) is 6.92 Å². The predicted octanol–water partition coefficient (Wildman–Crippen LogP) is 3.76. The topological polar surface area (TPSA) is 96.2 Å². The maximum Gasteiger partial charge on any atom is 0.338 e. The van der Waals surface area contributed by atoms with Crippen molar-refractivity contribution in [2.45, 2.75) is 40.7 Å². The van der Waals surface area contributed by atoms with Crippen molar-refractivity contribution in [3.63, 3.8) is 0 Å². The second-order valence-electron chi connectivity index (χ2n) is 9.22. The van der Waals surface area contributed by atoms with Gasteiger partial charge in [0.2, 0.25) is 0 Å². The molecule has 198 valence electrons. The first-order valence-electron chi connectivity index (χ1n) is 12.4. The molecule has 2 heterocycles. The zero-order valence-electron chi connectivity index (χ0n) is 22.0. The SMILES string of the molecule is CCOc1cc([C@@H]2C(C(=O)OCC(C)C)=C(C)N=c3s/c(=C/c4ccccc4)c(=O)n32)ccc1OC(C)=O. The number of benzene rings is 2. The Morgan fingerprint density at radius 3 is 2.53 bits per heavy atom. The number of hydrogen-bond acceptors (Lipinski definition) is 8. The zero-order chi connectivity index (χ0) is 27.4. The van der Waals surface area contributed by atoms with Crippen molar-refractivity contribution in [1.82, 2.24) is 4.57 Å². The summed E-state index contributed by atoms with van der Waals surface area (Å²) in [4.78, 5) is 43.9. The van der Waals surface area contributed by atoms with Crippen LogP contribution in [0.4, 0.5) is 0 Å². The van der Waals surface area contributed by atoms with Crippen LogP contribution in [0.2, 0.25) is 0 Å². The molecule has 0 fully saturated rings. The van der Waals surface area contributed by atoms with Crippen molar-refractivity contribution in [3.05, 3.63) is 90.6 Å². The number of thiazole rings is 1. The number of carbonyl (C=O) groups is 2. The molecule has 0 radical (unpaired) electrons. The van der Waals surface area contributed by atoms with Gasteiger partial charge in [-0.05, 0) is 49.1 Å². The Morgan fingerprint density at radius 2 is 1.87 bits per heavy atom. The second kappa shape index (κ2) is 11.6. The zero-order valence-corrected chi connectivity index (χ0v) is 22.8. The summed E-state index contributed by atoms with van der Waals surface area (Å²) in [6, 6.07) is 13.7. The van der Waals surface area contributed by atoms with Crippen LogP contribution in [-0.4, -0.2) is 29.7 Å². The summed E-state index contributed by atoms with van der Waals surface area (Å²) in [6.45, 7) is 9.33. The Hall–Kier alpha value is -3.98. The highest BCUT2D eigenvalue weighted by atomic mass is 32.1. The minimum Gasteiger partial charge on any atom is -0.490 e. The van der Waals surface area contributed by atoms with E-state index in [1.54, 1.807) is 25.1 Å². The maximum atomic E-state index is 13.8. The summed E-state index contributed by atoms with van der Waals surface area (Å²) in [6.07, 6.45) is 1.81. The third kappa shape index (κ3) is 5.78. The van der Waals surface area contributed by atoms with Crippen LogP contribution in [0.3, 0.4) is 0 Å².